The lowest BCUT2D eigenvalue weighted by molar-refractivity contribution is 0.1000. The molecule has 3 N–H and O–H groups in total. The van der Waals surface area contributed by atoms with Crippen molar-refractivity contribution < 1.29 is 4.79 Å². The number of anilines is 1. The Balaban J connectivity index is 2.25. The predicted molar refractivity (Wildman–Crippen MR) is 81.0 cm³/mol. The van der Waals surface area contributed by atoms with Gasteiger partial charge in [0, 0.05) is 29.9 Å². The second-order valence-corrected chi connectivity index (χ2v) is 5.76. The number of carbonyl (C=O) groups is 1. The second kappa shape index (κ2) is 6.22. The highest BCUT2D eigenvalue weighted by molar-refractivity contribution is 5.93. The molecule has 2 rings (SSSR count). The molecule has 0 saturated carbocycles. The van der Waals surface area contributed by atoms with Gasteiger partial charge >= 0.3 is 0 Å². The number of rotatable bonds is 5. The van der Waals surface area contributed by atoms with Gasteiger partial charge in [0.15, 0.2) is 0 Å². The Bertz CT molecular complexity index is 481. The summed E-state index contributed by atoms with van der Waals surface area (Å²) in [6.07, 6.45) is 2.42. The van der Waals surface area contributed by atoms with Crippen LogP contribution in [0.3, 0.4) is 0 Å². The van der Waals surface area contributed by atoms with Crippen LogP contribution in [0.25, 0.3) is 0 Å². The van der Waals surface area contributed by atoms with E-state index in [0.29, 0.717) is 17.6 Å². The van der Waals surface area contributed by atoms with E-state index in [4.69, 9.17) is 5.73 Å². The highest BCUT2D eigenvalue weighted by Gasteiger charge is 2.21. The summed E-state index contributed by atoms with van der Waals surface area (Å²) in [5, 5.41) is 3.50. The topological polar surface area (TPSA) is 71.2 Å². The van der Waals surface area contributed by atoms with Gasteiger partial charge in [-0.05, 0) is 52.3 Å². The zero-order valence-electron chi connectivity index (χ0n) is 12.5. The fourth-order valence-corrected chi connectivity index (χ4v) is 2.66. The SMILES string of the molecule is Cc1cc(C(N)=O)cc(N(CC2CCCN2)C(C)C)n1. The van der Waals surface area contributed by atoms with Crippen molar-refractivity contribution in [3.05, 3.63) is 23.4 Å². The quantitative estimate of drug-likeness (QED) is 0.854. The first-order chi connectivity index (χ1) is 9.47. The smallest absolute Gasteiger partial charge is 0.248 e. The van der Waals surface area contributed by atoms with E-state index in [-0.39, 0.29) is 0 Å². The molecule has 1 unspecified atom stereocenters. The van der Waals surface area contributed by atoms with Gasteiger partial charge in [0.2, 0.25) is 5.91 Å². The second-order valence-electron chi connectivity index (χ2n) is 5.76. The number of hydrogen-bond donors (Lipinski definition) is 2. The molecule has 110 valence electrons. The van der Waals surface area contributed by atoms with E-state index in [1.165, 1.54) is 12.8 Å². The molecule has 1 fully saturated rings. The molecule has 1 saturated heterocycles. The summed E-state index contributed by atoms with van der Waals surface area (Å²) in [6.45, 7) is 8.17. The van der Waals surface area contributed by atoms with Gasteiger partial charge in [-0.25, -0.2) is 4.98 Å². The number of primary amides is 1. The first-order valence-electron chi connectivity index (χ1n) is 7.26. The maximum absolute atomic E-state index is 11.4. The molecular formula is C15H24N4O. The van der Waals surface area contributed by atoms with Gasteiger partial charge < -0.3 is 16.0 Å². The van der Waals surface area contributed by atoms with Gasteiger partial charge in [-0.15, -0.1) is 0 Å². The summed E-state index contributed by atoms with van der Waals surface area (Å²) in [7, 11) is 0. The molecule has 0 bridgehead atoms. The molecule has 0 aliphatic carbocycles. The van der Waals surface area contributed by atoms with E-state index in [2.05, 4.69) is 29.0 Å². The van der Waals surface area contributed by atoms with E-state index in [1.54, 1.807) is 12.1 Å². The zero-order valence-corrected chi connectivity index (χ0v) is 12.5. The summed E-state index contributed by atoms with van der Waals surface area (Å²) in [6, 6.07) is 4.35. The van der Waals surface area contributed by atoms with Gasteiger partial charge in [-0.1, -0.05) is 0 Å². The van der Waals surface area contributed by atoms with Crippen LogP contribution in [0.1, 0.15) is 42.7 Å². The Morgan fingerprint density at radius 2 is 2.30 bits per heavy atom. The Kier molecular flexibility index (Phi) is 4.60. The molecular weight excluding hydrogens is 252 g/mol. The number of amides is 1. The van der Waals surface area contributed by atoms with Crippen LogP contribution in [-0.4, -0.2) is 36.1 Å². The summed E-state index contributed by atoms with van der Waals surface area (Å²) in [4.78, 5) is 18.2. The molecule has 1 aromatic heterocycles. The number of aromatic nitrogens is 1. The average Bonchev–Trinajstić information content (AvgIpc) is 2.87. The summed E-state index contributed by atoms with van der Waals surface area (Å²) in [5.74, 6) is 0.432. The lowest BCUT2D eigenvalue weighted by Crippen LogP contribution is -2.42. The fraction of sp³-hybridized carbons (Fsp3) is 0.600. The molecule has 2 heterocycles. The Hall–Kier alpha value is -1.62. The largest absolute Gasteiger partial charge is 0.366 e. The molecule has 0 radical (unpaired) electrons. The minimum absolute atomic E-state index is 0.326. The maximum Gasteiger partial charge on any atom is 0.248 e. The molecule has 1 atom stereocenters. The minimum Gasteiger partial charge on any atom is -0.366 e. The van der Waals surface area contributed by atoms with Gasteiger partial charge in [-0.3, -0.25) is 4.79 Å². The Morgan fingerprint density at radius 1 is 1.55 bits per heavy atom. The molecule has 0 aromatic carbocycles. The number of pyridine rings is 1. The van der Waals surface area contributed by atoms with Gasteiger partial charge in [-0.2, -0.15) is 0 Å². The van der Waals surface area contributed by atoms with E-state index in [1.807, 2.05) is 6.92 Å². The molecule has 0 spiro atoms. The van der Waals surface area contributed by atoms with E-state index < -0.39 is 5.91 Å². The van der Waals surface area contributed by atoms with Gasteiger partial charge in [0.1, 0.15) is 5.82 Å². The number of nitrogens with zero attached hydrogens (tertiary/aromatic N) is 2. The minimum atomic E-state index is -0.403. The highest BCUT2D eigenvalue weighted by Crippen LogP contribution is 2.19. The Morgan fingerprint density at radius 3 is 2.85 bits per heavy atom. The molecule has 5 nitrogen and oxygen atoms in total. The fourth-order valence-electron chi connectivity index (χ4n) is 2.66. The van der Waals surface area contributed by atoms with Crippen molar-refractivity contribution >= 4 is 11.7 Å². The van der Waals surface area contributed by atoms with Crippen LogP contribution in [-0.2, 0) is 0 Å². The number of hydrogen-bond acceptors (Lipinski definition) is 4. The number of nitrogens with one attached hydrogen (secondary N) is 1. The van der Waals surface area contributed by atoms with Crippen molar-refractivity contribution in [3.63, 3.8) is 0 Å². The number of carbonyl (C=O) groups excluding carboxylic acids is 1. The third kappa shape index (κ3) is 3.48. The van der Waals surface area contributed by atoms with Crippen LogP contribution in [0, 0.1) is 6.92 Å². The van der Waals surface area contributed by atoms with Crippen LogP contribution in [0.15, 0.2) is 12.1 Å². The first-order valence-corrected chi connectivity index (χ1v) is 7.26. The predicted octanol–water partition coefficient (Wildman–Crippen LogP) is 1.46. The van der Waals surface area contributed by atoms with E-state index in [0.717, 1.165) is 24.6 Å². The molecule has 5 heteroatoms. The third-order valence-electron chi connectivity index (χ3n) is 3.72. The van der Waals surface area contributed by atoms with Crippen LogP contribution < -0.4 is 16.0 Å². The zero-order chi connectivity index (χ0) is 14.7. The van der Waals surface area contributed by atoms with E-state index >= 15 is 0 Å². The van der Waals surface area contributed by atoms with Gasteiger partial charge in [0.05, 0.1) is 0 Å². The average molecular weight is 276 g/mol. The van der Waals surface area contributed by atoms with Crippen molar-refractivity contribution in [1.29, 1.82) is 0 Å². The molecule has 1 aromatic rings. The summed E-state index contributed by atoms with van der Waals surface area (Å²) < 4.78 is 0. The monoisotopic (exact) mass is 276 g/mol. The highest BCUT2D eigenvalue weighted by atomic mass is 16.1. The molecule has 1 amide bonds. The van der Waals surface area contributed by atoms with Crippen molar-refractivity contribution in [2.45, 2.75) is 45.7 Å². The number of nitrogens with two attached hydrogens (primary N) is 1. The van der Waals surface area contributed by atoms with Crippen LogP contribution in [0.4, 0.5) is 5.82 Å². The molecule has 20 heavy (non-hydrogen) atoms. The van der Waals surface area contributed by atoms with Crippen molar-refractivity contribution in [3.8, 4) is 0 Å². The van der Waals surface area contributed by atoms with Gasteiger partial charge in [0.25, 0.3) is 0 Å². The summed E-state index contributed by atoms with van der Waals surface area (Å²) >= 11 is 0. The van der Waals surface area contributed by atoms with Crippen molar-refractivity contribution in [2.24, 2.45) is 5.73 Å². The Labute approximate surface area is 120 Å². The van der Waals surface area contributed by atoms with Crippen molar-refractivity contribution in [1.82, 2.24) is 10.3 Å². The lowest BCUT2D eigenvalue weighted by Gasteiger charge is -2.31. The lowest BCUT2D eigenvalue weighted by atomic mass is 10.1. The number of aryl methyl sites for hydroxylation is 1. The summed E-state index contributed by atoms with van der Waals surface area (Å²) in [5.41, 5.74) is 6.74. The maximum atomic E-state index is 11.4. The molecule has 1 aliphatic rings. The standard InChI is InChI=1S/C15H24N4O/c1-10(2)19(9-13-5-4-6-17-13)14-8-12(15(16)20)7-11(3)18-14/h7-8,10,13,17H,4-6,9H2,1-3H3,(H2,16,20). The molecule has 1 aliphatic heterocycles. The van der Waals surface area contributed by atoms with Crippen LogP contribution >= 0.6 is 0 Å². The normalized spacial score (nSPS) is 18.5. The van der Waals surface area contributed by atoms with Crippen LogP contribution in [0.5, 0.6) is 0 Å². The third-order valence-corrected chi connectivity index (χ3v) is 3.72. The van der Waals surface area contributed by atoms with Crippen LogP contribution in [0.2, 0.25) is 0 Å². The van der Waals surface area contributed by atoms with Crippen molar-refractivity contribution in [2.75, 3.05) is 18.0 Å². The van der Waals surface area contributed by atoms with E-state index in [9.17, 15) is 4.79 Å². The first kappa shape index (κ1) is 14.8.